The fourth-order valence-corrected chi connectivity index (χ4v) is 1.59. The van der Waals surface area contributed by atoms with Crippen LogP contribution in [0, 0.1) is 5.82 Å². The van der Waals surface area contributed by atoms with Crippen molar-refractivity contribution >= 4 is 5.91 Å². The molecule has 0 spiro atoms. The maximum atomic E-state index is 12.8. The van der Waals surface area contributed by atoms with Crippen molar-refractivity contribution < 1.29 is 9.18 Å². The minimum atomic E-state index is -0.324. The quantitative estimate of drug-likeness (QED) is 0.880. The maximum absolute atomic E-state index is 12.8. The Bertz CT molecular complexity index is 552. The van der Waals surface area contributed by atoms with E-state index in [0.717, 1.165) is 6.42 Å². The molecule has 7 heteroatoms. The summed E-state index contributed by atoms with van der Waals surface area (Å²) in [5.41, 5.74) is 0.645. The second-order valence-electron chi connectivity index (χ2n) is 4.01. The molecule has 0 atom stereocenters. The number of benzene rings is 1. The van der Waals surface area contributed by atoms with Crippen molar-refractivity contribution in [3.05, 3.63) is 35.9 Å². The summed E-state index contributed by atoms with van der Waals surface area (Å²) in [6.45, 7) is 2.17. The molecular formula is C12H14FN5O. The molecule has 100 valence electrons. The predicted molar refractivity (Wildman–Crippen MR) is 65.9 cm³/mol. The first-order chi connectivity index (χ1) is 9.20. The summed E-state index contributed by atoms with van der Waals surface area (Å²) in [6.07, 6.45) is 1.26. The first-order valence-corrected chi connectivity index (χ1v) is 6.00. The highest BCUT2D eigenvalue weighted by Crippen LogP contribution is 2.08. The molecule has 0 aliphatic rings. The van der Waals surface area contributed by atoms with Gasteiger partial charge in [0.25, 0.3) is 0 Å². The van der Waals surface area contributed by atoms with Crippen LogP contribution >= 0.6 is 0 Å². The molecule has 1 N–H and O–H groups in total. The fourth-order valence-electron chi connectivity index (χ4n) is 1.59. The standard InChI is InChI=1S/C12H14FN5O/c1-2-3-12(19)14-8-11-15-16-17-18(11)10-6-4-9(13)5-7-10/h4-7H,2-3,8H2,1H3,(H,14,19). The molecule has 0 fully saturated rings. The number of nitrogens with one attached hydrogen (secondary N) is 1. The van der Waals surface area contributed by atoms with Gasteiger partial charge in [-0.15, -0.1) is 5.10 Å². The van der Waals surface area contributed by atoms with Gasteiger partial charge in [0.2, 0.25) is 5.91 Å². The van der Waals surface area contributed by atoms with Crippen LogP contribution in [0.2, 0.25) is 0 Å². The number of carbonyl (C=O) groups excluding carboxylic acids is 1. The Morgan fingerprint density at radius 1 is 1.37 bits per heavy atom. The van der Waals surface area contributed by atoms with E-state index < -0.39 is 0 Å². The summed E-state index contributed by atoms with van der Waals surface area (Å²) in [4.78, 5) is 11.4. The Morgan fingerprint density at radius 2 is 2.11 bits per heavy atom. The number of amides is 1. The Labute approximate surface area is 109 Å². The zero-order valence-corrected chi connectivity index (χ0v) is 10.5. The Hall–Kier alpha value is -2.31. The number of halogens is 1. The third-order valence-corrected chi connectivity index (χ3v) is 2.53. The third-order valence-electron chi connectivity index (χ3n) is 2.53. The summed E-state index contributed by atoms with van der Waals surface area (Å²) >= 11 is 0. The number of rotatable bonds is 5. The highest BCUT2D eigenvalue weighted by molar-refractivity contribution is 5.75. The highest BCUT2D eigenvalue weighted by atomic mass is 19.1. The number of tetrazole rings is 1. The van der Waals surface area contributed by atoms with Crippen molar-refractivity contribution in [3.8, 4) is 5.69 Å². The molecule has 0 unspecified atom stereocenters. The van der Waals surface area contributed by atoms with E-state index in [-0.39, 0.29) is 18.3 Å². The average molecular weight is 263 g/mol. The topological polar surface area (TPSA) is 72.7 Å². The molecule has 0 aliphatic heterocycles. The van der Waals surface area contributed by atoms with Gasteiger partial charge in [0.1, 0.15) is 5.82 Å². The van der Waals surface area contributed by atoms with Crippen LogP contribution in [0.25, 0.3) is 5.69 Å². The van der Waals surface area contributed by atoms with Crippen molar-refractivity contribution in [2.24, 2.45) is 0 Å². The second kappa shape index (κ2) is 6.03. The van der Waals surface area contributed by atoms with Gasteiger partial charge in [-0.1, -0.05) is 6.92 Å². The summed E-state index contributed by atoms with van der Waals surface area (Å²) < 4.78 is 14.3. The Balaban J connectivity index is 2.09. The van der Waals surface area contributed by atoms with Crippen LogP contribution in [0.5, 0.6) is 0 Å². The van der Waals surface area contributed by atoms with E-state index in [2.05, 4.69) is 20.8 Å². The first-order valence-electron chi connectivity index (χ1n) is 6.00. The zero-order valence-electron chi connectivity index (χ0n) is 10.5. The van der Waals surface area contributed by atoms with E-state index in [1.807, 2.05) is 6.92 Å². The molecule has 6 nitrogen and oxygen atoms in total. The van der Waals surface area contributed by atoms with Crippen molar-refractivity contribution in [2.75, 3.05) is 0 Å². The van der Waals surface area contributed by atoms with Crippen LogP contribution in [-0.2, 0) is 11.3 Å². The number of nitrogens with zero attached hydrogens (tertiary/aromatic N) is 4. The molecule has 19 heavy (non-hydrogen) atoms. The van der Waals surface area contributed by atoms with Crippen LogP contribution in [0.4, 0.5) is 4.39 Å². The maximum Gasteiger partial charge on any atom is 0.220 e. The van der Waals surface area contributed by atoms with E-state index in [1.165, 1.54) is 16.8 Å². The lowest BCUT2D eigenvalue weighted by Gasteiger charge is -2.05. The zero-order chi connectivity index (χ0) is 13.7. The SMILES string of the molecule is CCCC(=O)NCc1nnnn1-c1ccc(F)cc1. The summed E-state index contributed by atoms with van der Waals surface area (Å²) in [6, 6.07) is 5.80. The molecule has 0 radical (unpaired) electrons. The van der Waals surface area contributed by atoms with Gasteiger partial charge in [0.15, 0.2) is 5.82 Å². The van der Waals surface area contributed by atoms with Crippen molar-refractivity contribution in [3.63, 3.8) is 0 Å². The Morgan fingerprint density at radius 3 is 2.79 bits per heavy atom. The number of carbonyl (C=O) groups is 1. The Kier molecular flexibility index (Phi) is 4.17. The summed E-state index contributed by atoms with van der Waals surface area (Å²) in [7, 11) is 0. The van der Waals surface area contributed by atoms with Gasteiger partial charge in [0, 0.05) is 6.42 Å². The van der Waals surface area contributed by atoms with Gasteiger partial charge >= 0.3 is 0 Å². The van der Waals surface area contributed by atoms with Crippen molar-refractivity contribution in [1.82, 2.24) is 25.5 Å². The van der Waals surface area contributed by atoms with E-state index in [4.69, 9.17) is 0 Å². The minimum absolute atomic E-state index is 0.0452. The molecule has 1 aromatic heterocycles. The van der Waals surface area contributed by atoms with Gasteiger partial charge < -0.3 is 5.32 Å². The molecule has 2 aromatic rings. The average Bonchev–Trinajstić information content (AvgIpc) is 2.86. The molecule has 0 bridgehead atoms. The number of hydrogen-bond donors (Lipinski definition) is 1. The fraction of sp³-hybridized carbons (Fsp3) is 0.333. The normalized spacial score (nSPS) is 10.4. The smallest absolute Gasteiger partial charge is 0.220 e. The number of aromatic nitrogens is 4. The van der Waals surface area contributed by atoms with Crippen LogP contribution in [0.1, 0.15) is 25.6 Å². The van der Waals surface area contributed by atoms with Gasteiger partial charge in [-0.2, -0.15) is 4.68 Å². The summed E-state index contributed by atoms with van der Waals surface area (Å²) in [5.74, 6) is 0.127. The lowest BCUT2D eigenvalue weighted by molar-refractivity contribution is -0.121. The third kappa shape index (κ3) is 3.34. The molecule has 1 aromatic carbocycles. The molecule has 0 saturated carbocycles. The highest BCUT2D eigenvalue weighted by Gasteiger charge is 2.09. The molecule has 2 rings (SSSR count). The molecule has 1 amide bonds. The van der Waals surface area contributed by atoms with E-state index in [9.17, 15) is 9.18 Å². The van der Waals surface area contributed by atoms with Crippen LogP contribution in [-0.4, -0.2) is 26.1 Å². The van der Waals surface area contributed by atoms with Crippen molar-refractivity contribution in [2.45, 2.75) is 26.3 Å². The van der Waals surface area contributed by atoms with Gasteiger partial charge in [-0.25, -0.2) is 4.39 Å². The van der Waals surface area contributed by atoms with Gasteiger partial charge in [-0.05, 0) is 41.1 Å². The van der Waals surface area contributed by atoms with Crippen molar-refractivity contribution in [1.29, 1.82) is 0 Å². The largest absolute Gasteiger partial charge is 0.349 e. The van der Waals surface area contributed by atoms with E-state index >= 15 is 0 Å². The van der Waals surface area contributed by atoms with Gasteiger partial charge in [0.05, 0.1) is 12.2 Å². The number of hydrogen-bond acceptors (Lipinski definition) is 4. The van der Waals surface area contributed by atoms with Gasteiger partial charge in [-0.3, -0.25) is 4.79 Å². The van der Waals surface area contributed by atoms with Crippen LogP contribution in [0.3, 0.4) is 0 Å². The molecule has 0 saturated heterocycles. The predicted octanol–water partition coefficient (Wildman–Crippen LogP) is 1.22. The second-order valence-corrected chi connectivity index (χ2v) is 4.01. The van der Waals surface area contributed by atoms with E-state index in [1.54, 1.807) is 12.1 Å². The lowest BCUT2D eigenvalue weighted by Crippen LogP contribution is -2.24. The lowest BCUT2D eigenvalue weighted by atomic mass is 10.3. The minimum Gasteiger partial charge on any atom is -0.349 e. The molecule has 0 aliphatic carbocycles. The first kappa shape index (κ1) is 13.1. The molecular weight excluding hydrogens is 249 g/mol. The summed E-state index contributed by atoms with van der Waals surface area (Å²) in [5, 5.41) is 14.0. The monoisotopic (exact) mass is 263 g/mol. The van der Waals surface area contributed by atoms with Crippen LogP contribution < -0.4 is 5.32 Å². The van der Waals surface area contributed by atoms with Crippen LogP contribution in [0.15, 0.2) is 24.3 Å². The molecule has 1 heterocycles. The van der Waals surface area contributed by atoms with E-state index in [0.29, 0.717) is 17.9 Å².